The molecule has 3 aromatic rings. The number of likely N-dealkylation sites (N-methyl/N-ethyl adjacent to an activating group) is 1. The first kappa shape index (κ1) is 29.4. The van der Waals surface area contributed by atoms with Crippen molar-refractivity contribution in [3.63, 3.8) is 0 Å². The van der Waals surface area contributed by atoms with E-state index in [0.717, 1.165) is 90.6 Å². The fraction of sp³-hybridized carbons (Fsp3) is 0.419. The molecule has 1 aliphatic rings. The number of nitrogens with zero attached hydrogens (tertiary/aromatic N) is 3. The standard InChI is InChI=1S/C31H37F3N4O2/c1-4-37(5-2)18-19-38-28(20-36-29(38)21-35-27-9-7-8-26(27)30(39)40-6-3)24-12-10-22(11-13-24)23-14-16-25(17-15-23)31(32,33)34/h10-17,20,35H,4-9,18-19,21H2,1-3H3. The SMILES string of the molecule is CCOC(=O)C1=C(NCc2ncc(-c3ccc(-c4ccc(C(F)(F)F)cc4)cc3)n2CCN(CC)CC)CCC1. The molecule has 0 atom stereocenters. The lowest BCUT2D eigenvalue weighted by molar-refractivity contribution is -0.139. The van der Waals surface area contributed by atoms with E-state index < -0.39 is 11.7 Å². The molecule has 2 aromatic carbocycles. The lowest BCUT2D eigenvalue weighted by atomic mass is 10.0. The molecule has 4 rings (SSSR count). The number of hydrogen-bond donors (Lipinski definition) is 1. The van der Waals surface area contributed by atoms with Gasteiger partial charge in [-0.1, -0.05) is 50.2 Å². The number of esters is 1. The highest BCUT2D eigenvalue weighted by Crippen LogP contribution is 2.32. The summed E-state index contributed by atoms with van der Waals surface area (Å²) < 4.78 is 46.3. The average molecular weight is 555 g/mol. The third-order valence-corrected chi connectivity index (χ3v) is 7.40. The van der Waals surface area contributed by atoms with Crippen LogP contribution in [0.4, 0.5) is 13.2 Å². The van der Waals surface area contributed by atoms with E-state index in [2.05, 4.69) is 28.6 Å². The van der Waals surface area contributed by atoms with Crippen molar-refractivity contribution in [3.8, 4) is 22.4 Å². The van der Waals surface area contributed by atoms with Crippen LogP contribution in [-0.2, 0) is 28.8 Å². The first-order valence-corrected chi connectivity index (χ1v) is 13.9. The van der Waals surface area contributed by atoms with Crippen LogP contribution in [0.15, 0.2) is 66.0 Å². The molecule has 1 aromatic heterocycles. The third-order valence-electron chi connectivity index (χ3n) is 7.40. The molecule has 0 amide bonds. The fourth-order valence-electron chi connectivity index (χ4n) is 5.07. The molecule has 0 bridgehead atoms. The summed E-state index contributed by atoms with van der Waals surface area (Å²) >= 11 is 0. The van der Waals surface area contributed by atoms with Gasteiger partial charge in [0.15, 0.2) is 0 Å². The van der Waals surface area contributed by atoms with Crippen LogP contribution in [0.2, 0.25) is 0 Å². The molecule has 40 heavy (non-hydrogen) atoms. The Morgan fingerprint density at radius 3 is 2.20 bits per heavy atom. The first-order chi connectivity index (χ1) is 19.2. The summed E-state index contributed by atoms with van der Waals surface area (Å²) in [5, 5.41) is 3.46. The van der Waals surface area contributed by atoms with Gasteiger partial charge in [0, 0.05) is 18.8 Å². The highest BCUT2D eigenvalue weighted by molar-refractivity contribution is 5.89. The van der Waals surface area contributed by atoms with Gasteiger partial charge in [-0.15, -0.1) is 0 Å². The number of carbonyl (C=O) groups is 1. The van der Waals surface area contributed by atoms with Crippen LogP contribution in [-0.4, -0.2) is 46.7 Å². The predicted octanol–water partition coefficient (Wildman–Crippen LogP) is 6.67. The van der Waals surface area contributed by atoms with Crippen molar-refractivity contribution < 1.29 is 22.7 Å². The number of benzene rings is 2. The van der Waals surface area contributed by atoms with E-state index >= 15 is 0 Å². The van der Waals surface area contributed by atoms with Crippen molar-refractivity contribution in [1.29, 1.82) is 0 Å². The highest BCUT2D eigenvalue weighted by Gasteiger charge is 2.30. The van der Waals surface area contributed by atoms with Gasteiger partial charge in [0.05, 0.1) is 36.2 Å². The number of aromatic nitrogens is 2. The Morgan fingerprint density at radius 2 is 1.60 bits per heavy atom. The third kappa shape index (κ3) is 6.94. The number of allylic oxidation sites excluding steroid dienone is 1. The van der Waals surface area contributed by atoms with Crippen molar-refractivity contribution in [3.05, 3.63) is 77.4 Å². The van der Waals surface area contributed by atoms with Crippen molar-refractivity contribution in [2.75, 3.05) is 26.2 Å². The summed E-state index contributed by atoms with van der Waals surface area (Å²) in [6.45, 7) is 10.4. The number of alkyl halides is 3. The van der Waals surface area contributed by atoms with Crippen molar-refractivity contribution in [2.24, 2.45) is 0 Å². The second kappa shape index (κ2) is 13.2. The molecule has 1 aliphatic carbocycles. The summed E-state index contributed by atoms with van der Waals surface area (Å²) in [6.07, 6.45) is -0.0427. The first-order valence-electron chi connectivity index (χ1n) is 13.9. The van der Waals surface area contributed by atoms with Crippen LogP contribution in [0.5, 0.6) is 0 Å². The van der Waals surface area contributed by atoms with E-state index in [1.165, 1.54) is 12.1 Å². The molecular weight excluding hydrogens is 517 g/mol. The van der Waals surface area contributed by atoms with Gasteiger partial charge in [-0.05, 0) is 68.1 Å². The van der Waals surface area contributed by atoms with Crippen LogP contribution in [0.3, 0.4) is 0 Å². The molecule has 0 saturated heterocycles. The lowest BCUT2D eigenvalue weighted by Gasteiger charge is -2.21. The number of carbonyl (C=O) groups excluding carboxylic acids is 1. The van der Waals surface area contributed by atoms with Crippen molar-refractivity contribution in [2.45, 2.75) is 59.3 Å². The quantitative estimate of drug-likeness (QED) is 0.254. The van der Waals surface area contributed by atoms with Crippen LogP contribution in [0, 0.1) is 0 Å². The van der Waals surface area contributed by atoms with E-state index in [1.54, 1.807) is 0 Å². The largest absolute Gasteiger partial charge is 0.463 e. The molecule has 0 fully saturated rings. The summed E-state index contributed by atoms with van der Waals surface area (Å²) in [4.78, 5) is 19.5. The topological polar surface area (TPSA) is 59.4 Å². The van der Waals surface area contributed by atoms with Crippen LogP contribution in [0.25, 0.3) is 22.4 Å². The van der Waals surface area contributed by atoms with Gasteiger partial charge >= 0.3 is 12.1 Å². The number of nitrogens with one attached hydrogen (secondary N) is 1. The van der Waals surface area contributed by atoms with Crippen LogP contribution >= 0.6 is 0 Å². The van der Waals surface area contributed by atoms with Gasteiger partial charge < -0.3 is 19.5 Å². The molecule has 1 N–H and O–H groups in total. The molecule has 6 nitrogen and oxygen atoms in total. The number of halogens is 3. The maximum absolute atomic E-state index is 13.0. The monoisotopic (exact) mass is 554 g/mol. The minimum atomic E-state index is -4.35. The Morgan fingerprint density at radius 1 is 0.975 bits per heavy atom. The normalized spacial score (nSPS) is 13.8. The van der Waals surface area contributed by atoms with Gasteiger partial charge in [-0.25, -0.2) is 9.78 Å². The number of imidazole rings is 1. The smallest absolute Gasteiger partial charge is 0.416 e. The maximum atomic E-state index is 13.0. The Labute approximate surface area is 233 Å². The van der Waals surface area contributed by atoms with Crippen LogP contribution < -0.4 is 5.32 Å². The van der Waals surface area contributed by atoms with Gasteiger partial charge in [0.25, 0.3) is 0 Å². The molecule has 0 unspecified atom stereocenters. The molecule has 0 aliphatic heterocycles. The summed E-state index contributed by atoms with van der Waals surface area (Å²) in [7, 11) is 0. The van der Waals surface area contributed by atoms with E-state index in [-0.39, 0.29) is 5.97 Å². The number of rotatable bonds is 12. The molecule has 214 valence electrons. The minimum Gasteiger partial charge on any atom is -0.463 e. The zero-order valence-corrected chi connectivity index (χ0v) is 23.4. The maximum Gasteiger partial charge on any atom is 0.416 e. The van der Waals surface area contributed by atoms with Gasteiger partial charge in [0.1, 0.15) is 5.82 Å². The van der Waals surface area contributed by atoms with E-state index in [9.17, 15) is 18.0 Å². The molecule has 0 radical (unpaired) electrons. The van der Waals surface area contributed by atoms with Crippen LogP contribution in [0.1, 0.15) is 51.4 Å². The molecular formula is C31H37F3N4O2. The highest BCUT2D eigenvalue weighted by atomic mass is 19.4. The Kier molecular flexibility index (Phi) is 9.68. The van der Waals surface area contributed by atoms with Gasteiger partial charge in [-0.3, -0.25) is 0 Å². The van der Waals surface area contributed by atoms with E-state index in [4.69, 9.17) is 9.72 Å². The minimum absolute atomic E-state index is 0.249. The second-order valence-corrected chi connectivity index (χ2v) is 9.78. The molecule has 1 heterocycles. The fourth-order valence-corrected chi connectivity index (χ4v) is 5.07. The zero-order chi connectivity index (χ0) is 28.7. The predicted molar refractivity (Wildman–Crippen MR) is 150 cm³/mol. The van der Waals surface area contributed by atoms with Gasteiger partial charge in [0.2, 0.25) is 0 Å². The molecule has 0 spiro atoms. The number of hydrogen-bond acceptors (Lipinski definition) is 5. The second-order valence-electron chi connectivity index (χ2n) is 9.78. The lowest BCUT2D eigenvalue weighted by Crippen LogP contribution is -2.28. The summed E-state index contributed by atoms with van der Waals surface area (Å²) in [5.74, 6) is 0.623. The Balaban J connectivity index is 1.57. The molecule has 0 saturated carbocycles. The van der Waals surface area contributed by atoms with E-state index in [1.807, 2.05) is 37.4 Å². The number of ether oxygens (including phenoxy) is 1. The summed E-state index contributed by atoms with van der Waals surface area (Å²) in [5.41, 5.74) is 4.50. The van der Waals surface area contributed by atoms with Crippen molar-refractivity contribution in [1.82, 2.24) is 19.8 Å². The van der Waals surface area contributed by atoms with Gasteiger partial charge in [-0.2, -0.15) is 13.2 Å². The molecule has 9 heteroatoms. The average Bonchev–Trinajstić information content (AvgIpc) is 3.59. The summed E-state index contributed by atoms with van der Waals surface area (Å²) in [6, 6.07) is 13.0. The van der Waals surface area contributed by atoms with E-state index in [0.29, 0.717) is 19.6 Å². The Bertz CT molecular complexity index is 1310. The Hall–Kier alpha value is -3.59. The zero-order valence-electron chi connectivity index (χ0n) is 23.4. The van der Waals surface area contributed by atoms with Crippen molar-refractivity contribution >= 4 is 5.97 Å².